The second-order valence-corrected chi connectivity index (χ2v) is 6.54. The number of benzene rings is 1. The highest BCUT2D eigenvalue weighted by Gasteiger charge is 2.42. The van der Waals surface area contributed by atoms with Gasteiger partial charge in [-0.15, -0.1) is 0 Å². The molecule has 1 aromatic carbocycles. The number of aryl methyl sites for hydroxylation is 1. The van der Waals surface area contributed by atoms with Crippen LogP contribution in [-0.4, -0.2) is 39.2 Å². The van der Waals surface area contributed by atoms with Crippen molar-refractivity contribution in [2.45, 2.75) is 27.4 Å². The smallest absolute Gasteiger partial charge is 0.336 e. The van der Waals surface area contributed by atoms with Crippen LogP contribution in [0.4, 0.5) is 0 Å². The molecule has 1 N–H and O–H groups in total. The topological polar surface area (TPSA) is 100 Å². The third-order valence-corrected chi connectivity index (χ3v) is 4.61. The van der Waals surface area contributed by atoms with E-state index in [9.17, 15) is 14.4 Å². The Morgan fingerprint density at radius 3 is 1.97 bits per heavy atom. The number of ether oxygens (including phenoxy) is 4. The van der Waals surface area contributed by atoms with Gasteiger partial charge in [0.05, 0.1) is 32.5 Å². The first-order chi connectivity index (χ1) is 13.7. The van der Waals surface area contributed by atoms with Crippen molar-refractivity contribution in [2.24, 2.45) is 5.92 Å². The van der Waals surface area contributed by atoms with Crippen molar-refractivity contribution in [3.05, 3.63) is 51.9 Å². The molecule has 2 rings (SSSR count). The van der Waals surface area contributed by atoms with Gasteiger partial charge < -0.3 is 24.3 Å². The monoisotopic (exact) mass is 403 g/mol. The summed E-state index contributed by atoms with van der Waals surface area (Å²) in [6.07, 6.45) is 0. The first kappa shape index (κ1) is 22.0. The molecule has 1 heterocycles. The Balaban J connectivity index is 2.41. The summed E-state index contributed by atoms with van der Waals surface area (Å²) >= 11 is 0. The van der Waals surface area contributed by atoms with E-state index in [1.165, 1.54) is 21.3 Å². The summed E-state index contributed by atoms with van der Waals surface area (Å²) in [5.41, 5.74) is 2.43. The lowest BCUT2D eigenvalue weighted by Gasteiger charge is -2.28. The molecule has 8 nitrogen and oxygen atoms in total. The zero-order chi connectivity index (χ0) is 21.7. The van der Waals surface area contributed by atoms with Gasteiger partial charge >= 0.3 is 17.9 Å². The van der Waals surface area contributed by atoms with Crippen LogP contribution in [0.1, 0.15) is 25.0 Å². The first-order valence-electron chi connectivity index (χ1n) is 8.90. The van der Waals surface area contributed by atoms with Crippen LogP contribution in [0.3, 0.4) is 0 Å². The van der Waals surface area contributed by atoms with Crippen molar-refractivity contribution in [1.82, 2.24) is 5.32 Å². The van der Waals surface area contributed by atoms with Crippen molar-refractivity contribution in [3.8, 4) is 5.75 Å². The fourth-order valence-corrected chi connectivity index (χ4v) is 3.24. The maximum absolute atomic E-state index is 13.0. The van der Waals surface area contributed by atoms with Crippen LogP contribution < -0.4 is 10.1 Å². The van der Waals surface area contributed by atoms with Gasteiger partial charge in [0.25, 0.3) is 0 Å². The van der Waals surface area contributed by atoms with E-state index in [1.54, 1.807) is 19.9 Å². The van der Waals surface area contributed by atoms with Gasteiger partial charge in [0.1, 0.15) is 18.3 Å². The second-order valence-electron chi connectivity index (χ2n) is 6.54. The lowest BCUT2D eigenvalue weighted by atomic mass is 9.85. The molecular weight excluding hydrogens is 378 g/mol. The number of esters is 3. The molecule has 0 unspecified atom stereocenters. The third kappa shape index (κ3) is 4.59. The van der Waals surface area contributed by atoms with Crippen LogP contribution in [0.5, 0.6) is 5.75 Å². The number of carbonyl (C=O) groups is 3. The standard InChI is InChI=1S/C21H25NO7/c1-11-7-8-15(26-4)14(9-11)10-29-21(25)18-16(19(23)27-5)12(2)22-13(3)17(18)20(24)28-6/h7-9,18,22H,10H2,1-6H3. The summed E-state index contributed by atoms with van der Waals surface area (Å²) in [7, 11) is 3.92. The molecule has 8 heteroatoms. The van der Waals surface area contributed by atoms with Crippen LogP contribution in [0.15, 0.2) is 40.7 Å². The SMILES string of the molecule is COC(=O)C1=C(C)NC(C)=C(C(=O)OC)C1C(=O)OCc1cc(C)ccc1OC. The highest BCUT2D eigenvalue weighted by Crippen LogP contribution is 2.33. The lowest BCUT2D eigenvalue weighted by Crippen LogP contribution is -2.37. The van der Waals surface area contributed by atoms with Crippen LogP contribution in [0.2, 0.25) is 0 Å². The maximum atomic E-state index is 13.0. The van der Waals surface area contributed by atoms with E-state index in [-0.39, 0.29) is 17.8 Å². The van der Waals surface area contributed by atoms with Gasteiger partial charge in [-0.05, 0) is 32.9 Å². The molecule has 29 heavy (non-hydrogen) atoms. The molecule has 1 aliphatic heterocycles. The number of hydrogen-bond acceptors (Lipinski definition) is 8. The van der Waals surface area contributed by atoms with Gasteiger partial charge in [0.2, 0.25) is 0 Å². The molecule has 0 amide bonds. The van der Waals surface area contributed by atoms with Crippen molar-refractivity contribution in [1.29, 1.82) is 0 Å². The van der Waals surface area contributed by atoms with Crippen LogP contribution >= 0.6 is 0 Å². The minimum atomic E-state index is -1.27. The molecule has 0 radical (unpaired) electrons. The van der Waals surface area contributed by atoms with E-state index in [1.807, 2.05) is 19.1 Å². The molecule has 0 bridgehead atoms. The summed E-state index contributed by atoms with van der Waals surface area (Å²) in [6.45, 7) is 5.05. The number of allylic oxidation sites excluding steroid dienone is 2. The highest BCUT2D eigenvalue weighted by molar-refractivity contribution is 6.05. The van der Waals surface area contributed by atoms with Gasteiger partial charge in [-0.2, -0.15) is 0 Å². The molecular formula is C21H25NO7. The number of methoxy groups -OCH3 is 3. The predicted octanol–water partition coefficient (Wildman–Crippen LogP) is 2.16. The summed E-state index contributed by atoms with van der Waals surface area (Å²) in [5, 5.41) is 2.92. The van der Waals surface area contributed by atoms with Crippen LogP contribution in [-0.2, 0) is 35.2 Å². The summed E-state index contributed by atoms with van der Waals surface area (Å²) in [6, 6.07) is 5.48. The average molecular weight is 403 g/mol. The fourth-order valence-electron chi connectivity index (χ4n) is 3.24. The zero-order valence-corrected chi connectivity index (χ0v) is 17.4. The summed E-state index contributed by atoms with van der Waals surface area (Å²) in [5.74, 6) is -2.95. The Labute approximate surface area is 169 Å². The molecule has 1 aromatic rings. The van der Waals surface area contributed by atoms with E-state index in [0.29, 0.717) is 22.7 Å². The third-order valence-electron chi connectivity index (χ3n) is 4.61. The minimum absolute atomic E-state index is 0.000271. The number of hydrogen-bond donors (Lipinski definition) is 1. The Morgan fingerprint density at radius 2 is 1.48 bits per heavy atom. The van der Waals surface area contributed by atoms with E-state index >= 15 is 0 Å². The summed E-state index contributed by atoms with van der Waals surface area (Å²) < 4.78 is 20.4. The van der Waals surface area contributed by atoms with Crippen LogP contribution in [0, 0.1) is 12.8 Å². The van der Waals surface area contributed by atoms with Gasteiger partial charge in [-0.3, -0.25) is 4.79 Å². The number of rotatable bonds is 6. The van der Waals surface area contributed by atoms with E-state index < -0.39 is 23.8 Å². The number of nitrogens with one attached hydrogen (secondary N) is 1. The average Bonchev–Trinajstić information content (AvgIpc) is 2.70. The fraction of sp³-hybridized carbons (Fsp3) is 0.381. The Morgan fingerprint density at radius 1 is 0.931 bits per heavy atom. The van der Waals surface area contributed by atoms with Gasteiger partial charge in [0, 0.05) is 17.0 Å². The maximum Gasteiger partial charge on any atom is 0.336 e. The largest absolute Gasteiger partial charge is 0.496 e. The van der Waals surface area contributed by atoms with Gasteiger partial charge in [-0.25, -0.2) is 9.59 Å². The van der Waals surface area contributed by atoms with Crippen molar-refractivity contribution in [3.63, 3.8) is 0 Å². The molecule has 0 fully saturated rings. The summed E-state index contributed by atoms with van der Waals surface area (Å²) in [4.78, 5) is 37.7. The lowest BCUT2D eigenvalue weighted by molar-refractivity contribution is -0.152. The second kappa shape index (κ2) is 9.27. The van der Waals surface area contributed by atoms with Crippen molar-refractivity contribution < 1.29 is 33.3 Å². The number of dihydropyridines is 1. The zero-order valence-electron chi connectivity index (χ0n) is 17.4. The van der Waals surface area contributed by atoms with Gasteiger partial charge in [-0.1, -0.05) is 11.6 Å². The molecule has 0 aliphatic carbocycles. The first-order valence-corrected chi connectivity index (χ1v) is 8.90. The molecule has 0 saturated carbocycles. The van der Waals surface area contributed by atoms with Crippen LogP contribution in [0.25, 0.3) is 0 Å². The Bertz CT molecular complexity index is 860. The minimum Gasteiger partial charge on any atom is -0.496 e. The molecule has 0 spiro atoms. The van der Waals surface area contributed by atoms with E-state index in [0.717, 1.165) is 5.56 Å². The van der Waals surface area contributed by atoms with Gasteiger partial charge in [0.15, 0.2) is 0 Å². The number of carbonyl (C=O) groups excluding carboxylic acids is 3. The molecule has 156 valence electrons. The molecule has 0 saturated heterocycles. The molecule has 1 aliphatic rings. The highest BCUT2D eigenvalue weighted by atomic mass is 16.5. The van der Waals surface area contributed by atoms with E-state index in [2.05, 4.69) is 5.32 Å². The predicted molar refractivity (Wildman–Crippen MR) is 104 cm³/mol. The molecule has 0 aromatic heterocycles. The van der Waals surface area contributed by atoms with E-state index in [4.69, 9.17) is 18.9 Å². The molecule has 0 atom stereocenters. The quantitative estimate of drug-likeness (QED) is 0.570. The normalized spacial score (nSPS) is 14.3. The van der Waals surface area contributed by atoms with Crippen molar-refractivity contribution in [2.75, 3.05) is 21.3 Å². The Kier molecular flexibility index (Phi) is 7.03. The Hall–Kier alpha value is -3.29. The van der Waals surface area contributed by atoms with Crippen molar-refractivity contribution >= 4 is 17.9 Å².